The number of urea groups is 1. The van der Waals surface area contributed by atoms with Crippen molar-refractivity contribution in [1.29, 1.82) is 0 Å². The molecule has 2 saturated heterocycles. The zero-order valence-electron chi connectivity index (χ0n) is 16.2. The van der Waals surface area contributed by atoms with E-state index < -0.39 is 0 Å². The van der Waals surface area contributed by atoms with Gasteiger partial charge in [0.05, 0.1) is 35.3 Å². The number of rotatable bonds is 5. The molecule has 2 aromatic rings. The van der Waals surface area contributed by atoms with E-state index in [-0.39, 0.29) is 18.2 Å². The molecule has 154 valence electrons. The third-order valence-corrected chi connectivity index (χ3v) is 6.35. The van der Waals surface area contributed by atoms with Crippen LogP contribution in [-0.2, 0) is 17.7 Å². The Kier molecular flexibility index (Phi) is 6.60. The van der Waals surface area contributed by atoms with Crippen molar-refractivity contribution in [1.82, 2.24) is 15.1 Å². The van der Waals surface area contributed by atoms with Crippen molar-refractivity contribution in [2.24, 2.45) is 0 Å². The van der Waals surface area contributed by atoms with Gasteiger partial charge in [0.15, 0.2) is 0 Å². The standard InChI is InChI=1S/C22H25Cl2N3O2/c23-18-7-6-17(12-19(18)24)13-26-10-11-29-21-15-27(14-20(21)26)22(28)25-9-8-16-4-2-1-3-5-16/h1-7,12,20-21H,8-11,13-15H2,(H,25,28). The first kappa shape index (κ1) is 20.5. The molecular formula is C22H25Cl2N3O2. The molecule has 0 spiro atoms. The van der Waals surface area contributed by atoms with Gasteiger partial charge >= 0.3 is 6.03 Å². The molecule has 2 heterocycles. The van der Waals surface area contributed by atoms with E-state index in [1.165, 1.54) is 5.56 Å². The molecule has 2 aromatic carbocycles. The molecule has 4 rings (SSSR count). The van der Waals surface area contributed by atoms with E-state index in [2.05, 4.69) is 22.3 Å². The maximum atomic E-state index is 12.6. The van der Waals surface area contributed by atoms with Gasteiger partial charge in [-0.2, -0.15) is 0 Å². The lowest BCUT2D eigenvalue weighted by molar-refractivity contribution is -0.0503. The van der Waals surface area contributed by atoms with Crippen molar-refractivity contribution in [3.63, 3.8) is 0 Å². The summed E-state index contributed by atoms with van der Waals surface area (Å²) in [5.41, 5.74) is 2.34. The molecule has 5 nitrogen and oxygen atoms in total. The first-order valence-corrected chi connectivity index (χ1v) is 10.7. The topological polar surface area (TPSA) is 44.8 Å². The Hall–Kier alpha value is -1.79. The highest BCUT2D eigenvalue weighted by molar-refractivity contribution is 6.42. The number of nitrogens with zero attached hydrogens (tertiary/aromatic N) is 2. The molecule has 7 heteroatoms. The van der Waals surface area contributed by atoms with Gasteiger partial charge in [-0.3, -0.25) is 4.90 Å². The number of hydrogen-bond donors (Lipinski definition) is 1. The molecular weight excluding hydrogens is 409 g/mol. The Morgan fingerprint density at radius 1 is 1.07 bits per heavy atom. The zero-order valence-corrected chi connectivity index (χ0v) is 17.7. The van der Waals surface area contributed by atoms with Gasteiger partial charge < -0.3 is 15.0 Å². The van der Waals surface area contributed by atoms with Gasteiger partial charge in [0.2, 0.25) is 0 Å². The minimum absolute atomic E-state index is 0.0200. The normalized spacial score (nSPS) is 21.8. The van der Waals surface area contributed by atoms with Crippen LogP contribution in [0.1, 0.15) is 11.1 Å². The summed E-state index contributed by atoms with van der Waals surface area (Å²) >= 11 is 12.2. The molecule has 0 aromatic heterocycles. The number of fused-ring (bicyclic) bond motifs is 1. The summed E-state index contributed by atoms with van der Waals surface area (Å²) in [6.07, 6.45) is 0.874. The fraction of sp³-hybridized carbons (Fsp3) is 0.409. The first-order valence-electron chi connectivity index (χ1n) is 9.96. The number of carbonyl (C=O) groups is 1. The number of halogens is 2. The van der Waals surface area contributed by atoms with Gasteiger partial charge in [-0.05, 0) is 29.7 Å². The second kappa shape index (κ2) is 9.35. The SMILES string of the molecule is O=C(NCCc1ccccc1)N1CC2OCCN(Cc3ccc(Cl)c(Cl)c3)C2C1. The maximum absolute atomic E-state index is 12.6. The van der Waals surface area contributed by atoms with Crippen LogP contribution in [0.25, 0.3) is 0 Å². The van der Waals surface area contributed by atoms with E-state index in [1.54, 1.807) is 0 Å². The first-order chi connectivity index (χ1) is 14.1. The maximum Gasteiger partial charge on any atom is 0.317 e. The summed E-state index contributed by atoms with van der Waals surface area (Å²) in [4.78, 5) is 16.9. The van der Waals surface area contributed by atoms with Crippen molar-refractivity contribution >= 4 is 29.2 Å². The van der Waals surface area contributed by atoms with Crippen LogP contribution in [0.2, 0.25) is 10.0 Å². The minimum Gasteiger partial charge on any atom is -0.373 e. The molecule has 0 saturated carbocycles. The monoisotopic (exact) mass is 433 g/mol. The summed E-state index contributed by atoms with van der Waals surface area (Å²) < 4.78 is 5.96. The van der Waals surface area contributed by atoms with Gasteiger partial charge in [-0.15, -0.1) is 0 Å². The number of ether oxygens (including phenoxy) is 1. The number of amides is 2. The minimum atomic E-state index is -0.0200. The van der Waals surface area contributed by atoms with Crippen molar-refractivity contribution in [2.75, 3.05) is 32.8 Å². The number of carbonyl (C=O) groups excluding carboxylic acids is 1. The lowest BCUT2D eigenvalue weighted by Gasteiger charge is -2.36. The molecule has 29 heavy (non-hydrogen) atoms. The van der Waals surface area contributed by atoms with Crippen LogP contribution in [0.5, 0.6) is 0 Å². The number of hydrogen-bond acceptors (Lipinski definition) is 3. The summed E-state index contributed by atoms with van der Waals surface area (Å²) in [6.45, 7) is 4.20. The molecule has 2 amide bonds. The van der Waals surface area contributed by atoms with Crippen molar-refractivity contribution in [3.8, 4) is 0 Å². The number of nitrogens with one attached hydrogen (secondary N) is 1. The molecule has 0 aliphatic carbocycles. The Balaban J connectivity index is 1.32. The number of likely N-dealkylation sites (tertiary alicyclic amines) is 1. The quantitative estimate of drug-likeness (QED) is 0.778. The average Bonchev–Trinajstić information content (AvgIpc) is 3.17. The Morgan fingerprint density at radius 2 is 1.90 bits per heavy atom. The second-order valence-electron chi connectivity index (χ2n) is 7.57. The highest BCUT2D eigenvalue weighted by Crippen LogP contribution is 2.27. The van der Waals surface area contributed by atoms with Crippen LogP contribution in [0.15, 0.2) is 48.5 Å². The molecule has 2 atom stereocenters. The van der Waals surface area contributed by atoms with E-state index in [0.29, 0.717) is 36.3 Å². The summed E-state index contributed by atoms with van der Waals surface area (Å²) in [5.74, 6) is 0. The fourth-order valence-electron chi connectivity index (χ4n) is 4.06. The third-order valence-electron chi connectivity index (χ3n) is 5.61. The average molecular weight is 434 g/mol. The summed E-state index contributed by atoms with van der Waals surface area (Å²) in [7, 11) is 0. The van der Waals surface area contributed by atoms with E-state index in [4.69, 9.17) is 27.9 Å². The van der Waals surface area contributed by atoms with Crippen molar-refractivity contribution in [2.45, 2.75) is 25.1 Å². The smallest absolute Gasteiger partial charge is 0.317 e. The summed E-state index contributed by atoms with van der Waals surface area (Å²) in [5, 5.41) is 4.18. The van der Waals surface area contributed by atoms with Gasteiger partial charge in [0.1, 0.15) is 0 Å². The van der Waals surface area contributed by atoms with Crippen LogP contribution in [0.4, 0.5) is 4.79 Å². The predicted molar refractivity (Wildman–Crippen MR) is 116 cm³/mol. The lowest BCUT2D eigenvalue weighted by Crippen LogP contribution is -2.50. The van der Waals surface area contributed by atoms with E-state index in [9.17, 15) is 4.79 Å². The van der Waals surface area contributed by atoms with Gasteiger partial charge in [-0.1, -0.05) is 59.6 Å². The molecule has 1 N–H and O–H groups in total. The largest absolute Gasteiger partial charge is 0.373 e. The molecule has 2 aliphatic rings. The third kappa shape index (κ3) is 5.04. The Labute approximate surface area is 181 Å². The molecule has 0 bridgehead atoms. The van der Waals surface area contributed by atoms with E-state index in [0.717, 1.165) is 25.1 Å². The fourth-order valence-corrected chi connectivity index (χ4v) is 4.38. The Bertz CT molecular complexity index is 849. The van der Waals surface area contributed by atoms with E-state index >= 15 is 0 Å². The second-order valence-corrected chi connectivity index (χ2v) is 8.38. The molecule has 2 unspecified atom stereocenters. The number of benzene rings is 2. The predicted octanol–water partition coefficient (Wildman–Crippen LogP) is 3.83. The molecule has 2 fully saturated rings. The van der Waals surface area contributed by atoms with Crippen LogP contribution in [0.3, 0.4) is 0 Å². The molecule has 0 radical (unpaired) electrons. The molecule has 2 aliphatic heterocycles. The zero-order chi connectivity index (χ0) is 20.2. The van der Waals surface area contributed by atoms with Gasteiger partial charge in [0.25, 0.3) is 0 Å². The van der Waals surface area contributed by atoms with E-state index in [1.807, 2.05) is 41.3 Å². The number of morpholine rings is 1. The Morgan fingerprint density at radius 3 is 2.69 bits per heavy atom. The van der Waals surface area contributed by atoms with Crippen molar-refractivity contribution < 1.29 is 9.53 Å². The highest BCUT2D eigenvalue weighted by Gasteiger charge is 2.41. The van der Waals surface area contributed by atoms with Crippen LogP contribution in [-0.4, -0.2) is 60.8 Å². The van der Waals surface area contributed by atoms with Crippen molar-refractivity contribution in [3.05, 3.63) is 69.7 Å². The van der Waals surface area contributed by atoms with Gasteiger partial charge in [0, 0.05) is 26.2 Å². The van der Waals surface area contributed by atoms with Gasteiger partial charge in [-0.25, -0.2) is 4.79 Å². The van der Waals surface area contributed by atoms with Crippen LogP contribution < -0.4 is 5.32 Å². The van der Waals surface area contributed by atoms with Crippen LogP contribution >= 0.6 is 23.2 Å². The highest BCUT2D eigenvalue weighted by atomic mass is 35.5. The van der Waals surface area contributed by atoms with Crippen LogP contribution in [0, 0.1) is 0 Å². The lowest BCUT2D eigenvalue weighted by atomic mass is 10.1. The summed E-state index contributed by atoms with van der Waals surface area (Å²) in [6, 6.07) is 16.1.